The molecule has 0 spiro atoms. The Balaban J connectivity index is 1.99. The molecule has 1 aliphatic heterocycles. The fourth-order valence-corrected chi connectivity index (χ4v) is 4.75. The van der Waals surface area contributed by atoms with E-state index in [9.17, 15) is 10.1 Å². The molecule has 0 radical (unpaired) electrons. The van der Waals surface area contributed by atoms with E-state index >= 15 is 0 Å². The number of carbonyl (C=O) groups is 1. The van der Waals surface area contributed by atoms with Crippen molar-refractivity contribution >= 4 is 29.1 Å². The van der Waals surface area contributed by atoms with Crippen LogP contribution in [0.2, 0.25) is 0 Å². The number of nitrogens with one attached hydrogen (secondary N) is 1. The van der Waals surface area contributed by atoms with Crippen molar-refractivity contribution in [1.29, 1.82) is 5.26 Å². The van der Waals surface area contributed by atoms with Crippen LogP contribution in [0.3, 0.4) is 0 Å². The van der Waals surface area contributed by atoms with Crippen molar-refractivity contribution < 1.29 is 14.4 Å². The number of nitriles is 1. The molecule has 27 heavy (non-hydrogen) atoms. The smallest absolute Gasteiger partial charge is 0.316 e. The van der Waals surface area contributed by atoms with Gasteiger partial charge in [-0.25, -0.2) is 4.98 Å². The van der Waals surface area contributed by atoms with E-state index < -0.39 is 5.60 Å². The first-order valence-electron chi connectivity index (χ1n) is 8.94. The lowest BCUT2D eigenvalue weighted by Crippen LogP contribution is -3.08. The zero-order valence-electron chi connectivity index (χ0n) is 16.1. The molecular formula is C20H24N3O2S2+. The molecule has 2 aromatic rings. The Bertz CT molecular complexity index is 880. The minimum absolute atomic E-state index is 0.146. The van der Waals surface area contributed by atoms with Gasteiger partial charge in [0.2, 0.25) is 0 Å². The SMILES string of the molecule is C[NH+]1CCc2nc(SCC(=O)OC(C)(C)C)c(C#N)c(-c3cccs3)c2C1. The Morgan fingerprint density at radius 3 is 2.89 bits per heavy atom. The van der Waals surface area contributed by atoms with Crippen molar-refractivity contribution in [3.63, 3.8) is 0 Å². The van der Waals surface area contributed by atoms with Crippen LogP contribution in [0, 0.1) is 11.3 Å². The highest BCUT2D eigenvalue weighted by Gasteiger charge is 2.28. The number of hydrogen-bond acceptors (Lipinski definition) is 6. The highest BCUT2D eigenvalue weighted by molar-refractivity contribution is 7.99. The summed E-state index contributed by atoms with van der Waals surface area (Å²) in [6.07, 6.45) is 0.880. The third kappa shape index (κ3) is 4.70. The molecule has 1 unspecified atom stereocenters. The van der Waals surface area contributed by atoms with E-state index in [1.54, 1.807) is 11.3 Å². The monoisotopic (exact) mass is 402 g/mol. The summed E-state index contributed by atoms with van der Waals surface area (Å²) in [6.45, 7) is 7.43. The van der Waals surface area contributed by atoms with Crippen molar-refractivity contribution in [2.75, 3.05) is 19.3 Å². The lowest BCUT2D eigenvalue weighted by molar-refractivity contribution is -0.895. The largest absolute Gasteiger partial charge is 0.459 e. The van der Waals surface area contributed by atoms with E-state index in [1.165, 1.54) is 22.2 Å². The number of likely N-dealkylation sites (N-methyl/N-ethyl adjacent to an activating group) is 1. The van der Waals surface area contributed by atoms with Gasteiger partial charge in [-0.3, -0.25) is 4.79 Å². The highest BCUT2D eigenvalue weighted by Crippen LogP contribution is 2.37. The van der Waals surface area contributed by atoms with Crippen LogP contribution in [0.15, 0.2) is 22.5 Å². The predicted molar refractivity (Wildman–Crippen MR) is 108 cm³/mol. The average Bonchev–Trinajstić information content (AvgIpc) is 3.11. The molecule has 7 heteroatoms. The molecule has 142 valence electrons. The number of esters is 1. The second kappa shape index (κ2) is 8.01. The van der Waals surface area contributed by atoms with Gasteiger partial charge in [-0.15, -0.1) is 11.3 Å². The molecule has 3 heterocycles. The molecule has 1 aliphatic rings. The third-order valence-corrected chi connectivity index (χ3v) is 6.08. The van der Waals surface area contributed by atoms with Gasteiger partial charge in [-0.1, -0.05) is 17.8 Å². The standard InChI is InChI=1S/C20H23N3O2S2/c1-20(2,3)25-17(24)12-27-19-13(10-21)18(16-6-5-9-26-16)14-11-23(4)8-7-15(14)22-19/h5-6,9H,7-8,11-12H2,1-4H3/p+1. The van der Waals surface area contributed by atoms with Crippen molar-refractivity contribution in [1.82, 2.24) is 4.98 Å². The zero-order valence-corrected chi connectivity index (χ0v) is 17.7. The zero-order chi connectivity index (χ0) is 19.6. The number of thioether (sulfide) groups is 1. The van der Waals surface area contributed by atoms with Gasteiger partial charge >= 0.3 is 5.97 Å². The molecule has 2 aromatic heterocycles. The van der Waals surface area contributed by atoms with E-state index in [2.05, 4.69) is 13.1 Å². The fourth-order valence-electron chi connectivity index (χ4n) is 3.17. The Morgan fingerprint density at radius 1 is 1.48 bits per heavy atom. The first-order valence-corrected chi connectivity index (χ1v) is 10.8. The highest BCUT2D eigenvalue weighted by atomic mass is 32.2. The molecule has 0 saturated heterocycles. The molecule has 0 aliphatic carbocycles. The molecule has 0 amide bonds. The summed E-state index contributed by atoms with van der Waals surface area (Å²) in [6, 6.07) is 6.40. The maximum Gasteiger partial charge on any atom is 0.316 e. The average molecular weight is 403 g/mol. The first kappa shape index (κ1) is 19.9. The van der Waals surface area contributed by atoms with Gasteiger partial charge in [0.25, 0.3) is 0 Å². The van der Waals surface area contributed by atoms with E-state index in [4.69, 9.17) is 9.72 Å². The Morgan fingerprint density at radius 2 is 2.26 bits per heavy atom. The van der Waals surface area contributed by atoms with Crippen LogP contribution < -0.4 is 4.90 Å². The summed E-state index contributed by atoms with van der Waals surface area (Å²) >= 11 is 2.93. The minimum Gasteiger partial charge on any atom is -0.459 e. The molecular weight excluding hydrogens is 378 g/mol. The second-order valence-electron chi connectivity index (χ2n) is 7.69. The third-order valence-electron chi connectivity index (χ3n) is 4.24. The van der Waals surface area contributed by atoms with Crippen molar-refractivity contribution in [3.8, 4) is 16.5 Å². The van der Waals surface area contributed by atoms with Crippen molar-refractivity contribution in [2.24, 2.45) is 0 Å². The summed E-state index contributed by atoms with van der Waals surface area (Å²) in [7, 11) is 2.17. The molecule has 0 fully saturated rings. The minimum atomic E-state index is -0.519. The summed E-state index contributed by atoms with van der Waals surface area (Å²) < 4.78 is 5.39. The van der Waals surface area contributed by atoms with Crippen molar-refractivity contribution in [2.45, 2.75) is 44.4 Å². The quantitative estimate of drug-likeness (QED) is 0.629. The van der Waals surface area contributed by atoms with Crippen LogP contribution in [-0.4, -0.2) is 35.9 Å². The summed E-state index contributed by atoms with van der Waals surface area (Å²) in [5.74, 6) is -0.148. The maximum absolute atomic E-state index is 12.1. The Kier molecular flexibility index (Phi) is 5.89. The number of hydrogen-bond donors (Lipinski definition) is 1. The van der Waals surface area contributed by atoms with Crippen LogP contribution in [-0.2, 0) is 22.5 Å². The number of thiophene rings is 1. The topological polar surface area (TPSA) is 67.4 Å². The summed E-state index contributed by atoms with van der Waals surface area (Å²) in [5, 5.41) is 12.5. The second-order valence-corrected chi connectivity index (χ2v) is 9.60. The van der Waals surface area contributed by atoms with Crippen LogP contribution in [0.1, 0.15) is 37.6 Å². The number of nitrogens with zero attached hydrogens (tertiary/aromatic N) is 2. The molecule has 0 aromatic carbocycles. The number of aromatic nitrogens is 1. The molecule has 1 atom stereocenters. The molecule has 0 bridgehead atoms. The van der Waals surface area contributed by atoms with Gasteiger partial charge in [0.15, 0.2) is 0 Å². The number of ether oxygens (including phenoxy) is 1. The maximum atomic E-state index is 12.1. The molecule has 0 saturated carbocycles. The Hall–Kier alpha value is -1.88. The number of rotatable bonds is 4. The lowest BCUT2D eigenvalue weighted by atomic mass is 9.96. The van der Waals surface area contributed by atoms with Crippen LogP contribution >= 0.6 is 23.1 Å². The number of pyridine rings is 1. The van der Waals surface area contributed by atoms with Crippen LogP contribution in [0.4, 0.5) is 0 Å². The van der Waals surface area contributed by atoms with E-state index in [1.807, 2.05) is 38.3 Å². The lowest BCUT2D eigenvalue weighted by Gasteiger charge is -2.25. The number of quaternary nitrogens is 1. The number of fused-ring (bicyclic) bond motifs is 1. The van der Waals surface area contributed by atoms with Gasteiger partial charge in [0.1, 0.15) is 23.2 Å². The summed E-state index contributed by atoms with van der Waals surface area (Å²) in [4.78, 5) is 19.4. The van der Waals surface area contributed by atoms with E-state index in [0.29, 0.717) is 10.6 Å². The van der Waals surface area contributed by atoms with E-state index in [0.717, 1.165) is 35.6 Å². The van der Waals surface area contributed by atoms with Crippen LogP contribution in [0.5, 0.6) is 0 Å². The van der Waals surface area contributed by atoms with Crippen LogP contribution in [0.25, 0.3) is 10.4 Å². The molecule has 3 rings (SSSR count). The van der Waals surface area contributed by atoms with Gasteiger partial charge < -0.3 is 9.64 Å². The van der Waals surface area contributed by atoms with Gasteiger partial charge in [0, 0.05) is 22.4 Å². The first-order chi connectivity index (χ1) is 12.8. The van der Waals surface area contributed by atoms with Gasteiger partial charge in [-0.2, -0.15) is 5.26 Å². The van der Waals surface area contributed by atoms with Gasteiger partial charge in [-0.05, 0) is 32.2 Å². The van der Waals surface area contributed by atoms with Crippen molar-refractivity contribution in [3.05, 3.63) is 34.3 Å². The summed E-state index contributed by atoms with van der Waals surface area (Å²) in [5.41, 5.74) is 3.26. The normalized spacial score (nSPS) is 16.5. The Labute approximate surface area is 168 Å². The molecule has 1 N–H and O–H groups in total. The molecule has 5 nitrogen and oxygen atoms in total. The fraction of sp³-hybridized carbons (Fsp3) is 0.450. The van der Waals surface area contributed by atoms with Gasteiger partial charge in [0.05, 0.1) is 30.6 Å². The number of carbonyl (C=O) groups excluding carboxylic acids is 1. The van der Waals surface area contributed by atoms with E-state index in [-0.39, 0.29) is 11.7 Å². The predicted octanol–water partition coefficient (Wildman–Crippen LogP) is 2.69.